The molecule has 0 bridgehead atoms. The Morgan fingerprint density at radius 3 is 2.33 bits per heavy atom. The summed E-state index contributed by atoms with van der Waals surface area (Å²) in [7, 11) is -4.85. The van der Waals surface area contributed by atoms with E-state index in [0.717, 1.165) is 12.3 Å². The molecule has 3 aromatic heterocycles. The van der Waals surface area contributed by atoms with E-state index >= 15 is 0 Å². The van der Waals surface area contributed by atoms with E-state index in [1.165, 1.54) is 43.3 Å². The minimum absolute atomic E-state index is 0.00429. The molecule has 0 saturated carbocycles. The number of pyridine rings is 2. The molecule has 3 aromatic rings. The molecule has 0 atom stereocenters. The molecule has 0 aliphatic heterocycles. The number of aryl methyl sites for hydroxylation is 1. The van der Waals surface area contributed by atoms with Gasteiger partial charge >= 0.3 is 6.18 Å². The standard InChI is InChI=1S/C17H18F3N5O3S2/c1-5-30(27,28)13-6-10(24-29(3,4)26)8-22-15(13)16-23-11-7-14(17(18,19)20)21-9-12(11)25(16)2/h6-9H,5H2,1-4H3. The van der Waals surface area contributed by atoms with E-state index in [9.17, 15) is 25.8 Å². The number of halogens is 3. The van der Waals surface area contributed by atoms with Crippen molar-refractivity contribution in [2.75, 3.05) is 18.3 Å². The average Bonchev–Trinajstić information content (AvgIpc) is 2.96. The summed E-state index contributed by atoms with van der Waals surface area (Å²) in [4.78, 5) is 11.5. The van der Waals surface area contributed by atoms with Gasteiger partial charge in [0.15, 0.2) is 15.7 Å². The molecule has 30 heavy (non-hydrogen) atoms. The van der Waals surface area contributed by atoms with Crippen LogP contribution in [0.2, 0.25) is 0 Å². The van der Waals surface area contributed by atoms with Gasteiger partial charge in [0.1, 0.15) is 11.4 Å². The first-order valence-corrected chi connectivity index (χ1v) is 12.5. The topological polar surface area (TPSA) is 107 Å². The van der Waals surface area contributed by atoms with Gasteiger partial charge in [0.05, 0.1) is 39.8 Å². The Kier molecular flexibility index (Phi) is 5.39. The molecule has 0 unspecified atom stereocenters. The zero-order valence-electron chi connectivity index (χ0n) is 16.4. The molecule has 3 rings (SSSR count). The highest BCUT2D eigenvalue weighted by molar-refractivity contribution is 7.92. The Morgan fingerprint density at radius 2 is 1.77 bits per heavy atom. The first-order chi connectivity index (χ1) is 13.7. The van der Waals surface area contributed by atoms with Gasteiger partial charge in [-0.25, -0.2) is 27.6 Å². The normalized spacial score (nSPS) is 13.0. The molecule has 0 aliphatic carbocycles. The molecule has 162 valence electrons. The van der Waals surface area contributed by atoms with Crippen LogP contribution in [0, 0.1) is 0 Å². The van der Waals surface area contributed by atoms with Crippen LogP contribution in [0.1, 0.15) is 12.6 Å². The van der Waals surface area contributed by atoms with Crippen molar-refractivity contribution in [2.24, 2.45) is 11.4 Å². The number of hydrogen-bond donors (Lipinski definition) is 0. The molecule has 0 radical (unpaired) electrons. The molecule has 3 heterocycles. The van der Waals surface area contributed by atoms with E-state index < -0.39 is 31.4 Å². The second-order valence-corrected chi connectivity index (χ2v) is 11.6. The molecular weight excluding hydrogens is 443 g/mol. The van der Waals surface area contributed by atoms with Crippen molar-refractivity contribution in [3.8, 4) is 11.5 Å². The van der Waals surface area contributed by atoms with Gasteiger partial charge in [-0.05, 0) is 12.1 Å². The first-order valence-electron chi connectivity index (χ1n) is 8.53. The van der Waals surface area contributed by atoms with Gasteiger partial charge in [-0.15, -0.1) is 0 Å². The summed E-state index contributed by atoms with van der Waals surface area (Å²) < 4.78 is 81.6. The summed E-state index contributed by atoms with van der Waals surface area (Å²) in [6, 6.07) is 2.03. The second kappa shape index (κ2) is 7.30. The van der Waals surface area contributed by atoms with Crippen LogP contribution in [-0.4, -0.2) is 50.4 Å². The van der Waals surface area contributed by atoms with Crippen molar-refractivity contribution < 1.29 is 25.8 Å². The van der Waals surface area contributed by atoms with Crippen LogP contribution in [-0.2, 0) is 32.8 Å². The lowest BCUT2D eigenvalue weighted by atomic mass is 10.3. The summed E-state index contributed by atoms with van der Waals surface area (Å²) in [6.07, 6.45) is 0.416. The Labute approximate surface area is 171 Å². The van der Waals surface area contributed by atoms with Crippen LogP contribution >= 0.6 is 0 Å². The number of rotatable bonds is 4. The molecule has 0 fully saturated rings. The van der Waals surface area contributed by atoms with Crippen LogP contribution in [0.25, 0.3) is 22.6 Å². The Bertz CT molecular complexity index is 1360. The highest BCUT2D eigenvalue weighted by Crippen LogP contribution is 2.33. The highest BCUT2D eigenvalue weighted by Gasteiger charge is 2.33. The number of sulfone groups is 1. The van der Waals surface area contributed by atoms with Crippen molar-refractivity contribution in [3.63, 3.8) is 0 Å². The molecule has 0 saturated heterocycles. The first kappa shape index (κ1) is 22.2. The van der Waals surface area contributed by atoms with E-state index in [1.54, 1.807) is 0 Å². The summed E-state index contributed by atoms with van der Waals surface area (Å²) in [5.74, 6) is -0.193. The maximum atomic E-state index is 13.0. The maximum Gasteiger partial charge on any atom is 0.433 e. The van der Waals surface area contributed by atoms with E-state index in [4.69, 9.17) is 0 Å². The zero-order valence-corrected chi connectivity index (χ0v) is 18.1. The van der Waals surface area contributed by atoms with Crippen LogP contribution < -0.4 is 0 Å². The van der Waals surface area contributed by atoms with E-state index in [1.807, 2.05) is 0 Å². The second-order valence-electron chi connectivity index (χ2n) is 6.77. The van der Waals surface area contributed by atoms with Gasteiger partial charge in [0.2, 0.25) is 0 Å². The summed E-state index contributed by atoms with van der Waals surface area (Å²) in [6.45, 7) is 1.44. The minimum Gasteiger partial charge on any atom is -0.324 e. The predicted octanol–water partition coefficient (Wildman–Crippen LogP) is 3.20. The Hall–Kier alpha value is -2.54. The van der Waals surface area contributed by atoms with Crippen LogP contribution in [0.3, 0.4) is 0 Å². The van der Waals surface area contributed by atoms with Crippen LogP contribution in [0.5, 0.6) is 0 Å². The fraction of sp³-hybridized carbons (Fsp3) is 0.353. The lowest BCUT2D eigenvalue weighted by molar-refractivity contribution is -0.141. The van der Waals surface area contributed by atoms with Crippen LogP contribution in [0.15, 0.2) is 33.8 Å². The number of hydrogen-bond acceptors (Lipinski definition) is 7. The van der Waals surface area contributed by atoms with E-state index in [2.05, 4.69) is 19.3 Å². The molecule has 13 heteroatoms. The molecule has 0 amide bonds. The fourth-order valence-corrected chi connectivity index (χ4v) is 4.41. The quantitative estimate of drug-likeness (QED) is 0.591. The fourth-order valence-electron chi connectivity index (χ4n) is 2.75. The Balaban J connectivity index is 2.30. The average molecular weight is 461 g/mol. The highest BCUT2D eigenvalue weighted by atomic mass is 32.2. The SMILES string of the molecule is CCS(=O)(=O)c1cc(N=S(C)(C)=O)cnc1-c1nc2cc(C(F)(F)F)ncc2n1C. The van der Waals surface area contributed by atoms with Gasteiger partial charge < -0.3 is 4.57 Å². The molecule has 0 aromatic carbocycles. The van der Waals surface area contributed by atoms with Gasteiger partial charge in [-0.1, -0.05) is 6.92 Å². The third-order valence-corrected chi connectivity index (χ3v) is 6.54. The minimum atomic E-state index is -4.64. The Morgan fingerprint density at radius 1 is 1.10 bits per heavy atom. The summed E-state index contributed by atoms with van der Waals surface area (Å²) >= 11 is 0. The van der Waals surface area contributed by atoms with Gasteiger partial charge in [0, 0.05) is 29.3 Å². The number of aromatic nitrogens is 4. The third-order valence-electron chi connectivity index (χ3n) is 4.15. The van der Waals surface area contributed by atoms with Crippen molar-refractivity contribution in [1.82, 2.24) is 19.5 Å². The monoisotopic (exact) mass is 461 g/mol. The van der Waals surface area contributed by atoms with Gasteiger partial charge in [-0.3, -0.25) is 0 Å². The van der Waals surface area contributed by atoms with Crippen molar-refractivity contribution >= 4 is 36.3 Å². The lowest BCUT2D eigenvalue weighted by Crippen LogP contribution is -2.09. The number of nitrogens with zero attached hydrogens (tertiary/aromatic N) is 5. The molecule has 0 aliphatic rings. The molecular formula is C17H18F3N5O3S2. The number of imidazole rings is 1. The van der Waals surface area contributed by atoms with Gasteiger partial charge in [-0.2, -0.15) is 17.5 Å². The lowest BCUT2D eigenvalue weighted by Gasteiger charge is -2.10. The number of fused-ring (bicyclic) bond motifs is 1. The zero-order chi connectivity index (χ0) is 22.5. The molecule has 8 nitrogen and oxygen atoms in total. The maximum absolute atomic E-state index is 13.0. The summed E-state index contributed by atoms with van der Waals surface area (Å²) in [5.41, 5.74) is -0.764. The number of alkyl halides is 3. The summed E-state index contributed by atoms with van der Waals surface area (Å²) in [5, 5.41) is 0. The predicted molar refractivity (Wildman–Crippen MR) is 107 cm³/mol. The third kappa shape index (κ3) is 4.31. The van der Waals surface area contributed by atoms with E-state index in [-0.39, 0.29) is 38.9 Å². The largest absolute Gasteiger partial charge is 0.433 e. The molecule has 0 spiro atoms. The van der Waals surface area contributed by atoms with Crippen molar-refractivity contribution in [3.05, 3.63) is 30.2 Å². The molecule has 0 N–H and O–H groups in total. The van der Waals surface area contributed by atoms with Gasteiger partial charge in [0.25, 0.3) is 0 Å². The van der Waals surface area contributed by atoms with Crippen molar-refractivity contribution in [2.45, 2.75) is 18.0 Å². The van der Waals surface area contributed by atoms with Crippen molar-refractivity contribution in [1.29, 1.82) is 0 Å². The van der Waals surface area contributed by atoms with E-state index in [0.29, 0.717) is 0 Å². The van der Waals surface area contributed by atoms with Crippen LogP contribution in [0.4, 0.5) is 18.9 Å². The smallest absolute Gasteiger partial charge is 0.324 e.